The molecule has 1 rings (SSSR count). The number of alkyl carbamates (subject to hydrolysis) is 1. The number of carbonyl (C=O) groups excluding carboxylic acids is 2. The van der Waals surface area contributed by atoms with Crippen LogP contribution in [0.1, 0.15) is 47.5 Å². The molecule has 1 saturated heterocycles. The second-order valence-electron chi connectivity index (χ2n) is 7.10. The van der Waals surface area contributed by atoms with E-state index in [1.807, 2.05) is 34.6 Å². The van der Waals surface area contributed by atoms with Crippen molar-refractivity contribution in [1.82, 2.24) is 20.9 Å². The van der Waals surface area contributed by atoms with Crippen molar-refractivity contribution in [3.05, 3.63) is 0 Å². The van der Waals surface area contributed by atoms with Crippen LogP contribution in [0.3, 0.4) is 0 Å². The van der Waals surface area contributed by atoms with E-state index in [0.717, 1.165) is 25.9 Å². The Morgan fingerprint density at radius 1 is 1.23 bits per heavy atom. The van der Waals surface area contributed by atoms with Crippen LogP contribution in [-0.2, 0) is 9.53 Å². The van der Waals surface area contributed by atoms with Gasteiger partial charge in [-0.05, 0) is 40.5 Å². The molecular weight excluding hydrogens is 449 g/mol. The molecule has 3 N–H and O–H groups in total. The van der Waals surface area contributed by atoms with Crippen molar-refractivity contribution in [2.24, 2.45) is 4.99 Å². The zero-order chi connectivity index (χ0) is 18.9. The highest BCUT2D eigenvalue weighted by atomic mass is 127. The lowest BCUT2D eigenvalue weighted by Crippen LogP contribution is -2.44. The van der Waals surface area contributed by atoms with Gasteiger partial charge in [0.05, 0.1) is 6.04 Å². The van der Waals surface area contributed by atoms with Crippen molar-refractivity contribution >= 4 is 41.9 Å². The first-order valence-corrected chi connectivity index (χ1v) is 9.04. The van der Waals surface area contributed by atoms with Crippen LogP contribution >= 0.6 is 24.0 Å². The van der Waals surface area contributed by atoms with E-state index in [4.69, 9.17) is 4.74 Å². The zero-order valence-corrected chi connectivity index (χ0v) is 18.9. The first kappa shape index (κ1) is 24.7. The largest absolute Gasteiger partial charge is 0.444 e. The lowest BCUT2D eigenvalue weighted by Gasteiger charge is -2.23. The topological polar surface area (TPSA) is 95.1 Å². The molecule has 0 radical (unpaired) electrons. The summed E-state index contributed by atoms with van der Waals surface area (Å²) in [5.74, 6) is 0.613. The Morgan fingerprint density at radius 2 is 1.92 bits per heavy atom. The average Bonchev–Trinajstić information content (AvgIpc) is 2.95. The number of halogens is 1. The van der Waals surface area contributed by atoms with Crippen LogP contribution in [0, 0.1) is 0 Å². The Kier molecular flexibility index (Phi) is 11.6. The summed E-state index contributed by atoms with van der Waals surface area (Å²) in [6.45, 7) is 12.4. The first-order valence-electron chi connectivity index (χ1n) is 9.04. The van der Waals surface area contributed by atoms with E-state index >= 15 is 0 Å². The summed E-state index contributed by atoms with van der Waals surface area (Å²) in [7, 11) is 0. The molecule has 0 aromatic heterocycles. The Balaban J connectivity index is 0.00000625. The smallest absolute Gasteiger partial charge is 0.407 e. The molecule has 0 aromatic rings. The molecule has 26 heavy (non-hydrogen) atoms. The third-order valence-corrected chi connectivity index (χ3v) is 3.49. The Labute approximate surface area is 173 Å². The van der Waals surface area contributed by atoms with E-state index in [1.165, 1.54) is 0 Å². The fourth-order valence-corrected chi connectivity index (χ4v) is 2.44. The molecule has 0 aliphatic carbocycles. The Hall–Kier alpha value is -1.26. The molecule has 1 fully saturated rings. The van der Waals surface area contributed by atoms with Crippen molar-refractivity contribution in [3.63, 3.8) is 0 Å². The second-order valence-corrected chi connectivity index (χ2v) is 7.10. The maximum atomic E-state index is 11.9. The van der Waals surface area contributed by atoms with Gasteiger partial charge in [-0.25, -0.2) is 9.79 Å². The van der Waals surface area contributed by atoms with Crippen molar-refractivity contribution < 1.29 is 14.3 Å². The minimum Gasteiger partial charge on any atom is -0.444 e. The Morgan fingerprint density at radius 3 is 2.50 bits per heavy atom. The second kappa shape index (κ2) is 12.2. The lowest BCUT2D eigenvalue weighted by atomic mass is 10.2. The van der Waals surface area contributed by atoms with Gasteiger partial charge < -0.3 is 25.6 Å². The molecule has 1 heterocycles. The van der Waals surface area contributed by atoms with E-state index < -0.39 is 11.7 Å². The number of hydrogen-bond acceptors (Lipinski definition) is 4. The zero-order valence-electron chi connectivity index (χ0n) is 16.6. The molecule has 1 aliphatic rings. The summed E-state index contributed by atoms with van der Waals surface area (Å²) in [5.41, 5.74) is -0.509. The van der Waals surface area contributed by atoms with Crippen LogP contribution in [0.4, 0.5) is 4.79 Å². The summed E-state index contributed by atoms with van der Waals surface area (Å²) in [4.78, 5) is 30.1. The maximum Gasteiger partial charge on any atom is 0.407 e. The summed E-state index contributed by atoms with van der Waals surface area (Å²) in [6, 6.07) is 0.00706. The van der Waals surface area contributed by atoms with Crippen LogP contribution in [0.2, 0.25) is 0 Å². The molecule has 1 unspecified atom stereocenters. The fourth-order valence-electron chi connectivity index (χ4n) is 2.44. The lowest BCUT2D eigenvalue weighted by molar-refractivity contribution is -0.119. The number of ether oxygens (including phenoxy) is 1. The SMILES string of the molecule is CCCNC(=O)CN=C(NCC)N1CCC(NC(=O)OC(C)(C)C)C1.I. The normalized spacial score (nSPS) is 17.3. The minimum atomic E-state index is -0.509. The number of nitrogens with one attached hydrogen (secondary N) is 3. The Bertz CT molecular complexity index is 480. The number of likely N-dealkylation sites (tertiary alicyclic amines) is 1. The summed E-state index contributed by atoms with van der Waals surface area (Å²) < 4.78 is 5.29. The number of carbonyl (C=O) groups is 2. The van der Waals surface area contributed by atoms with Crippen LogP contribution in [0.15, 0.2) is 4.99 Å². The summed E-state index contributed by atoms with van der Waals surface area (Å²) in [6.07, 6.45) is 1.31. The van der Waals surface area contributed by atoms with Crippen LogP contribution in [0.5, 0.6) is 0 Å². The van der Waals surface area contributed by atoms with Crippen molar-refractivity contribution in [2.75, 3.05) is 32.7 Å². The summed E-state index contributed by atoms with van der Waals surface area (Å²) in [5, 5.41) is 8.90. The molecule has 2 amide bonds. The summed E-state index contributed by atoms with van der Waals surface area (Å²) >= 11 is 0. The number of rotatable bonds is 6. The van der Waals surface area contributed by atoms with Gasteiger partial charge in [-0.1, -0.05) is 6.92 Å². The van der Waals surface area contributed by atoms with Gasteiger partial charge in [-0.15, -0.1) is 24.0 Å². The van der Waals surface area contributed by atoms with Gasteiger partial charge in [0.1, 0.15) is 12.1 Å². The van der Waals surface area contributed by atoms with Gasteiger partial charge in [0.15, 0.2) is 5.96 Å². The molecule has 0 aromatic carbocycles. The highest BCUT2D eigenvalue weighted by molar-refractivity contribution is 14.0. The van der Waals surface area contributed by atoms with Gasteiger partial charge in [0.2, 0.25) is 5.91 Å². The van der Waals surface area contributed by atoms with Crippen LogP contribution in [-0.4, -0.2) is 67.2 Å². The van der Waals surface area contributed by atoms with E-state index in [0.29, 0.717) is 19.0 Å². The molecule has 0 saturated carbocycles. The number of guanidine groups is 1. The van der Waals surface area contributed by atoms with E-state index in [2.05, 4.69) is 25.8 Å². The number of hydrogen-bond donors (Lipinski definition) is 3. The molecule has 9 heteroatoms. The van der Waals surface area contributed by atoms with Gasteiger partial charge in [0, 0.05) is 26.2 Å². The minimum absolute atomic E-state index is 0. The molecule has 1 atom stereocenters. The number of amides is 2. The monoisotopic (exact) mass is 483 g/mol. The van der Waals surface area contributed by atoms with Gasteiger partial charge in [0.25, 0.3) is 0 Å². The van der Waals surface area contributed by atoms with Gasteiger partial charge in [-0.2, -0.15) is 0 Å². The molecule has 0 spiro atoms. The number of nitrogens with zero attached hydrogens (tertiary/aromatic N) is 2. The standard InChI is InChI=1S/C17H33N5O3.HI/c1-6-9-19-14(23)11-20-15(18-7-2)22-10-8-13(12-22)21-16(24)25-17(3,4)5;/h13H,6-12H2,1-5H3,(H,18,20)(H,19,23)(H,21,24);1H. The molecular formula is C17H34IN5O3. The highest BCUT2D eigenvalue weighted by Crippen LogP contribution is 2.12. The molecule has 1 aliphatic heterocycles. The van der Waals surface area contributed by atoms with Crippen molar-refractivity contribution in [2.45, 2.75) is 59.1 Å². The quantitative estimate of drug-likeness (QED) is 0.304. The average molecular weight is 483 g/mol. The first-order chi connectivity index (χ1) is 11.7. The highest BCUT2D eigenvalue weighted by Gasteiger charge is 2.27. The van der Waals surface area contributed by atoms with Gasteiger partial charge in [-0.3, -0.25) is 4.79 Å². The van der Waals surface area contributed by atoms with E-state index in [1.54, 1.807) is 0 Å². The molecule has 152 valence electrons. The van der Waals surface area contributed by atoms with Gasteiger partial charge >= 0.3 is 6.09 Å². The van der Waals surface area contributed by atoms with E-state index in [9.17, 15) is 9.59 Å². The van der Waals surface area contributed by atoms with Crippen molar-refractivity contribution in [1.29, 1.82) is 0 Å². The molecule has 0 bridgehead atoms. The third-order valence-electron chi connectivity index (χ3n) is 3.49. The van der Waals surface area contributed by atoms with E-state index in [-0.39, 0.29) is 42.5 Å². The fraction of sp³-hybridized carbons (Fsp3) is 0.824. The van der Waals surface area contributed by atoms with Crippen LogP contribution < -0.4 is 16.0 Å². The van der Waals surface area contributed by atoms with Crippen LogP contribution in [0.25, 0.3) is 0 Å². The molecule has 8 nitrogen and oxygen atoms in total. The third kappa shape index (κ3) is 10.0. The predicted molar refractivity (Wildman–Crippen MR) is 114 cm³/mol. The van der Waals surface area contributed by atoms with Crippen molar-refractivity contribution in [3.8, 4) is 0 Å². The maximum absolute atomic E-state index is 11.9. The number of aliphatic imine (C=N–C) groups is 1. The predicted octanol–water partition coefficient (Wildman–Crippen LogP) is 1.70.